The molecule has 0 saturated carbocycles. The van der Waals surface area contributed by atoms with Crippen molar-refractivity contribution < 1.29 is 0 Å². The molecule has 0 aliphatic carbocycles. The molecule has 0 aliphatic rings. The van der Waals surface area contributed by atoms with Crippen LogP contribution in [0.2, 0.25) is 13.3 Å². The average Bonchev–Trinajstić information content (AvgIpc) is 2.56. The van der Waals surface area contributed by atoms with E-state index in [9.17, 15) is 0 Å². The van der Waals surface area contributed by atoms with Crippen LogP contribution in [0.25, 0.3) is 0 Å². The third-order valence-electron chi connectivity index (χ3n) is 4.67. The molecule has 0 aliphatic heterocycles. The Bertz CT molecular complexity index is 458. The number of para-hydroxylation sites is 1. The van der Waals surface area contributed by atoms with Gasteiger partial charge in [0, 0.05) is 0 Å². The van der Waals surface area contributed by atoms with Gasteiger partial charge in [-0.15, -0.1) is 0 Å². The fourth-order valence-corrected chi connectivity index (χ4v) is 20.0. The molecule has 22 heavy (non-hydrogen) atoms. The van der Waals surface area contributed by atoms with E-state index in [1.54, 1.807) is 3.58 Å². The molecule has 1 rings (SSSR count). The van der Waals surface area contributed by atoms with Crippen LogP contribution in [0, 0.1) is 0 Å². The van der Waals surface area contributed by atoms with Crippen LogP contribution < -0.4 is 3.58 Å². The van der Waals surface area contributed by atoms with Crippen molar-refractivity contribution in [1.29, 1.82) is 0 Å². The second-order valence-electron chi connectivity index (χ2n) is 6.31. The normalized spacial score (nSPS) is 11.2. The summed E-state index contributed by atoms with van der Waals surface area (Å²) in [6.07, 6.45) is 8.03. The second kappa shape index (κ2) is 11.4. The average molecular weight is 424 g/mol. The number of benzene rings is 1. The number of unbranched alkanes of at least 4 members (excludes halogenated alkanes) is 3. The van der Waals surface area contributed by atoms with Crippen molar-refractivity contribution in [2.45, 2.75) is 72.6 Å². The van der Waals surface area contributed by atoms with Crippen molar-refractivity contribution in [2.24, 2.45) is 4.99 Å². The van der Waals surface area contributed by atoms with Gasteiger partial charge in [-0.2, -0.15) is 0 Å². The van der Waals surface area contributed by atoms with Crippen molar-refractivity contribution in [3.05, 3.63) is 24.3 Å². The van der Waals surface area contributed by atoms with Gasteiger partial charge in [-0.05, 0) is 0 Å². The van der Waals surface area contributed by atoms with Crippen LogP contribution in [-0.2, 0) is 0 Å². The zero-order valence-corrected chi connectivity index (χ0v) is 18.2. The first kappa shape index (κ1) is 19.9. The minimum atomic E-state index is -2.39. The maximum atomic E-state index is 4.89. The summed E-state index contributed by atoms with van der Waals surface area (Å²) in [6, 6.07) is 8.80. The molecule has 0 spiro atoms. The molecule has 0 unspecified atom stereocenters. The molecule has 122 valence electrons. The number of hydrogen-bond acceptors (Lipinski definition) is 2. The van der Waals surface area contributed by atoms with Crippen LogP contribution in [0.1, 0.15) is 59.3 Å². The van der Waals surface area contributed by atoms with Crippen LogP contribution >= 0.6 is 12.2 Å². The van der Waals surface area contributed by atoms with E-state index in [0.717, 1.165) is 5.69 Å². The van der Waals surface area contributed by atoms with E-state index in [-0.39, 0.29) is 0 Å². The summed E-state index contributed by atoms with van der Waals surface area (Å²) < 4.78 is 6.00. The van der Waals surface area contributed by atoms with Crippen molar-refractivity contribution >= 4 is 45.0 Å². The number of nitrogens with zero attached hydrogens (tertiary/aromatic N) is 1. The first-order chi connectivity index (χ1) is 10.7. The van der Waals surface area contributed by atoms with Crippen LogP contribution in [0.15, 0.2) is 29.3 Å². The number of rotatable bonds is 11. The minimum absolute atomic E-state index is 1.12. The van der Waals surface area contributed by atoms with Crippen molar-refractivity contribution in [3.8, 4) is 0 Å². The third-order valence-corrected chi connectivity index (χ3v) is 20.4. The third kappa shape index (κ3) is 5.79. The Hall–Kier alpha value is -0.181. The fraction of sp³-hybridized carbons (Fsp3) is 0.632. The van der Waals surface area contributed by atoms with Gasteiger partial charge in [-0.3, -0.25) is 0 Å². The fourth-order valence-electron chi connectivity index (χ4n) is 3.39. The summed E-state index contributed by atoms with van der Waals surface area (Å²) in [5, 5.41) is 2.61. The molecule has 0 fully saturated rings. The van der Waals surface area contributed by atoms with Gasteiger partial charge in [0.1, 0.15) is 0 Å². The Morgan fingerprint density at radius 1 is 0.909 bits per heavy atom. The summed E-state index contributed by atoms with van der Waals surface area (Å²) in [5.41, 5.74) is 1.12. The molecule has 0 radical (unpaired) electrons. The van der Waals surface area contributed by atoms with Crippen LogP contribution in [0.5, 0.6) is 0 Å². The van der Waals surface area contributed by atoms with Gasteiger partial charge in [-0.25, -0.2) is 0 Å². The van der Waals surface area contributed by atoms with Crippen LogP contribution in [0.3, 0.4) is 0 Å². The molecule has 1 aromatic rings. The molecular formula is C19H31NSSn. The molecule has 0 amide bonds. The van der Waals surface area contributed by atoms with E-state index in [1.807, 2.05) is 0 Å². The predicted octanol–water partition coefficient (Wildman–Crippen LogP) is 6.48. The van der Waals surface area contributed by atoms with Crippen molar-refractivity contribution in [1.82, 2.24) is 0 Å². The topological polar surface area (TPSA) is 12.4 Å². The van der Waals surface area contributed by atoms with Gasteiger partial charge >= 0.3 is 147 Å². The molecule has 3 heteroatoms. The van der Waals surface area contributed by atoms with Gasteiger partial charge in [0.2, 0.25) is 0 Å². The zero-order chi connectivity index (χ0) is 16.3. The van der Waals surface area contributed by atoms with Gasteiger partial charge < -0.3 is 0 Å². The molecule has 0 bridgehead atoms. The molecule has 1 nitrogen and oxygen atoms in total. The predicted molar refractivity (Wildman–Crippen MR) is 106 cm³/mol. The van der Waals surface area contributed by atoms with Crippen LogP contribution in [-0.4, -0.2) is 23.5 Å². The van der Waals surface area contributed by atoms with E-state index in [2.05, 4.69) is 55.2 Å². The van der Waals surface area contributed by atoms with Gasteiger partial charge in [-0.1, -0.05) is 0 Å². The van der Waals surface area contributed by atoms with Gasteiger partial charge in [0.15, 0.2) is 0 Å². The van der Waals surface area contributed by atoms with E-state index >= 15 is 0 Å². The van der Waals surface area contributed by atoms with E-state index in [1.165, 1.54) is 51.8 Å². The molecule has 0 saturated heterocycles. The van der Waals surface area contributed by atoms with Crippen molar-refractivity contribution in [3.63, 3.8) is 0 Å². The first-order valence-corrected chi connectivity index (χ1v) is 16.8. The first-order valence-electron chi connectivity index (χ1n) is 8.91. The summed E-state index contributed by atoms with van der Waals surface area (Å²) in [5.74, 6) is 0. The Morgan fingerprint density at radius 3 is 1.86 bits per heavy atom. The Labute approximate surface area is 146 Å². The number of thiocarbonyl (C=S) groups is 1. The SMILES string of the molecule is CCC[CH2][Sn]([CH2]CCC)([CH2]CCC)[c]1ccccc1N=C=S. The number of hydrogen-bond donors (Lipinski definition) is 0. The van der Waals surface area contributed by atoms with E-state index in [4.69, 9.17) is 12.2 Å². The number of aliphatic imine (C=N–C) groups is 1. The quantitative estimate of drug-likeness (QED) is 0.225. The van der Waals surface area contributed by atoms with E-state index in [0.29, 0.717) is 0 Å². The summed E-state index contributed by atoms with van der Waals surface area (Å²) in [7, 11) is 0. The Balaban J connectivity index is 3.27. The molecule has 1 aromatic carbocycles. The summed E-state index contributed by atoms with van der Waals surface area (Å²) in [4.78, 5) is 4.41. The molecule has 0 heterocycles. The Morgan fingerprint density at radius 2 is 1.41 bits per heavy atom. The van der Waals surface area contributed by atoms with Crippen molar-refractivity contribution in [2.75, 3.05) is 0 Å². The second-order valence-corrected chi connectivity index (χ2v) is 19.6. The van der Waals surface area contributed by atoms with Crippen LogP contribution in [0.4, 0.5) is 5.69 Å². The summed E-state index contributed by atoms with van der Waals surface area (Å²) in [6.45, 7) is 6.95. The standard InChI is InChI=1S/C7H4NS.3C4H9.Sn/c9-6-8-7-4-2-1-3-5-7;3*1-3-4-2;/h1-4H;3*1,3-4H2,2H3;. The molecule has 0 atom stereocenters. The maximum absolute atomic E-state index is 4.89. The number of isothiocyanates is 1. The molecular weight excluding hydrogens is 393 g/mol. The monoisotopic (exact) mass is 425 g/mol. The van der Waals surface area contributed by atoms with Gasteiger partial charge in [0.05, 0.1) is 0 Å². The van der Waals surface area contributed by atoms with Gasteiger partial charge in [0.25, 0.3) is 0 Å². The van der Waals surface area contributed by atoms with E-state index < -0.39 is 18.4 Å². The molecule has 0 aromatic heterocycles. The Kier molecular flexibility index (Phi) is 10.3. The molecule has 0 N–H and O–H groups in total. The summed E-state index contributed by atoms with van der Waals surface area (Å²) >= 11 is 2.49. The zero-order valence-electron chi connectivity index (χ0n) is 14.5.